The van der Waals surface area contributed by atoms with Crippen LogP contribution < -0.4 is 10.1 Å². The molecule has 108 valence electrons. The zero-order valence-electron chi connectivity index (χ0n) is 11.1. The van der Waals surface area contributed by atoms with E-state index in [1.54, 1.807) is 0 Å². The van der Waals surface area contributed by atoms with Crippen LogP contribution in [0.2, 0.25) is 0 Å². The number of nitro groups is 1. The Morgan fingerprint density at radius 2 is 2.25 bits per heavy atom. The van der Waals surface area contributed by atoms with Gasteiger partial charge in [0.25, 0.3) is 5.69 Å². The Kier molecular flexibility index (Phi) is 3.78. The summed E-state index contributed by atoms with van der Waals surface area (Å²) in [5, 5.41) is 23.1. The van der Waals surface area contributed by atoms with Crippen LogP contribution in [-0.2, 0) is 4.79 Å². The van der Waals surface area contributed by atoms with E-state index >= 15 is 0 Å². The number of carboxylic acids is 1. The Morgan fingerprint density at radius 1 is 1.55 bits per heavy atom. The zero-order chi connectivity index (χ0) is 14.8. The first-order valence-corrected chi connectivity index (χ1v) is 6.28. The second kappa shape index (κ2) is 5.36. The Morgan fingerprint density at radius 3 is 2.70 bits per heavy atom. The molecule has 0 spiro atoms. The van der Waals surface area contributed by atoms with Crippen molar-refractivity contribution in [3.8, 4) is 5.75 Å². The molecule has 0 atom stereocenters. The van der Waals surface area contributed by atoms with E-state index in [-0.39, 0.29) is 12.1 Å². The summed E-state index contributed by atoms with van der Waals surface area (Å²) in [4.78, 5) is 21.5. The summed E-state index contributed by atoms with van der Waals surface area (Å²) >= 11 is 0. The molecule has 1 fully saturated rings. The van der Waals surface area contributed by atoms with E-state index in [0.717, 1.165) is 6.42 Å². The van der Waals surface area contributed by atoms with Gasteiger partial charge in [0.1, 0.15) is 11.4 Å². The lowest BCUT2D eigenvalue weighted by molar-refractivity contribution is -0.384. The summed E-state index contributed by atoms with van der Waals surface area (Å²) in [5.74, 6) is -0.425. The van der Waals surface area contributed by atoms with Gasteiger partial charge in [-0.3, -0.25) is 14.9 Å². The molecule has 0 bridgehead atoms. The molecule has 0 saturated heterocycles. The summed E-state index contributed by atoms with van der Waals surface area (Å²) < 4.78 is 5.06. The van der Waals surface area contributed by atoms with Crippen LogP contribution in [0.15, 0.2) is 18.2 Å². The molecule has 0 aromatic heterocycles. The molecule has 1 aliphatic rings. The first-order valence-electron chi connectivity index (χ1n) is 6.28. The van der Waals surface area contributed by atoms with E-state index in [9.17, 15) is 14.9 Å². The number of carboxylic acid groups (broad SMARTS) is 1. The molecule has 1 aliphatic carbocycles. The number of nitrogens with zero attached hydrogens (tertiary/aromatic N) is 1. The van der Waals surface area contributed by atoms with Crippen LogP contribution in [0.3, 0.4) is 0 Å². The number of hydrogen-bond acceptors (Lipinski definition) is 5. The second-order valence-corrected chi connectivity index (χ2v) is 4.97. The number of aliphatic carboxylic acids is 1. The molecule has 0 amide bonds. The van der Waals surface area contributed by atoms with Gasteiger partial charge in [-0.05, 0) is 25.3 Å². The Balaban J connectivity index is 2.30. The molecule has 1 aromatic rings. The van der Waals surface area contributed by atoms with Crippen LogP contribution in [0.4, 0.5) is 11.4 Å². The fraction of sp³-hybridized carbons (Fsp3) is 0.462. The van der Waals surface area contributed by atoms with Crippen LogP contribution in [0.1, 0.15) is 25.7 Å². The third kappa shape index (κ3) is 2.81. The van der Waals surface area contributed by atoms with E-state index in [4.69, 9.17) is 9.84 Å². The van der Waals surface area contributed by atoms with Crippen molar-refractivity contribution in [2.75, 3.05) is 12.4 Å². The molecular weight excluding hydrogens is 264 g/mol. The molecule has 2 N–H and O–H groups in total. The smallest absolute Gasteiger partial charge is 0.305 e. The largest absolute Gasteiger partial charge is 0.497 e. The second-order valence-electron chi connectivity index (χ2n) is 4.97. The SMILES string of the molecule is COc1ccc([N+](=O)[O-])c(NC2(CC(=O)O)CCC2)c1. The van der Waals surface area contributed by atoms with Gasteiger partial charge in [-0.1, -0.05) is 0 Å². The quantitative estimate of drug-likeness (QED) is 0.613. The number of hydrogen-bond donors (Lipinski definition) is 2. The molecule has 0 aliphatic heterocycles. The summed E-state index contributed by atoms with van der Waals surface area (Å²) in [6.45, 7) is 0. The molecule has 2 rings (SSSR count). The lowest BCUT2D eigenvalue weighted by atomic mass is 9.74. The van der Waals surface area contributed by atoms with Gasteiger partial charge in [-0.2, -0.15) is 0 Å². The first kappa shape index (κ1) is 14.1. The number of carbonyl (C=O) groups is 1. The summed E-state index contributed by atoms with van der Waals surface area (Å²) in [7, 11) is 1.47. The number of ether oxygens (including phenoxy) is 1. The highest BCUT2D eigenvalue weighted by molar-refractivity contribution is 5.72. The highest BCUT2D eigenvalue weighted by Gasteiger charge is 2.40. The lowest BCUT2D eigenvalue weighted by Crippen LogP contribution is -2.46. The summed E-state index contributed by atoms with van der Waals surface area (Å²) in [5.41, 5.74) is -0.374. The minimum Gasteiger partial charge on any atom is -0.497 e. The molecule has 0 heterocycles. The van der Waals surface area contributed by atoms with Crippen LogP contribution in [-0.4, -0.2) is 28.6 Å². The molecule has 1 saturated carbocycles. The highest BCUT2D eigenvalue weighted by atomic mass is 16.6. The average Bonchev–Trinajstić information content (AvgIpc) is 2.35. The predicted molar refractivity (Wildman–Crippen MR) is 72.1 cm³/mol. The predicted octanol–water partition coefficient (Wildman–Crippen LogP) is 2.41. The van der Waals surface area contributed by atoms with E-state index in [2.05, 4.69) is 5.32 Å². The molecule has 1 aromatic carbocycles. The van der Waals surface area contributed by atoms with Crippen molar-refractivity contribution in [1.29, 1.82) is 0 Å². The van der Waals surface area contributed by atoms with Gasteiger partial charge in [-0.25, -0.2) is 0 Å². The minimum absolute atomic E-state index is 0.0542. The van der Waals surface area contributed by atoms with Crippen LogP contribution >= 0.6 is 0 Å². The maximum atomic E-state index is 11.0. The molecule has 7 heteroatoms. The fourth-order valence-corrected chi connectivity index (χ4v) is 2.43. The van der Waals surface area contributed by atoms with Gasteiger partial charge < -0.3 is 15.2 Å². The van der Waals surface area contributed by atoms with Gasteiger partial charge >= 0.3 is 5.97 Å². The van der Waals surface area contributed by atoms with Crippen molar-refractivity contribution in [2.45, 2.75) is 31.2 Å². The molecule has 0 radical (unpaired) electrons. The number of nitro benzene ring substituents is 1. The summed E-state index contributed by atoms with van der Waals surface area (Å²) in [6, 6.07) is 4.39. The maximum Gasteiger partial charge on any atom is 0.305 e. The van der Waals surface area contributed by atoms with Crippen LogP contribution in [0.5, 0.6) is 5.75 Å². The van der Waals surface area contributed by atoms with Crippen LogP contribution in [0, 0.1) is 10.1 Å². The highest BCUT2D eigenvalue weighted by Crippen LogP contribution is 2.41. The van der Waals surface area contributed by atoms with Gasteiger partial charge in [0.2, 0.25) is 0 Å². The Hall–Kier alpha value is -2.31. The van der Waals surface area contributed by atoms with Crippen molar-refractivity contribution in [3.63, 3.8) is 0 Å². The topological polar surface area (TPSA) is 102 Å². The molecule has 7 nitrogen and oxygen atoms in total. The number of benzene rings is 1. The van der Waals surface area contributed by atoms with Crippen molar-refractivity contribution in [1.82, 2.24) is 0 Å². The van der Waals surface area contributed by atoms with Gasteiger partial charge in [0, 0.05) is 17.7 Å². The van der Waals surface area contributed by atoms with Crippen molar-refractivity contribution in [3.05, 3.63) is 28.3 Å². The third-order valence-corrected chi connectivity index (χ3v) is 3.60. The van der Waals surface area contributed by atoms with Gasteiger partial charge in [0.05, 0.1) is 18.5 Å². The Labute approximate surface area is 115 Å². The van der Waals surface area contributed by atoms with Gasteiger partial charge in [-0.15, -0.1) is 0 Å². The monoisotopic (exact) mass is 280 g/mol. The summed E-state index contributed by atoms with van der Waals surface area (Å²) in [6.07, 6.45) is 2.24. The molecule has 0 unspecified atom stereocenters. The number of rotatable bonds is 6. The maximum absolute atomic E-state index is 11.0. The fourth-order valence-electron chi connectivity index (χ4n) is 2.43. The number of anilines is 1. The average molecular weight is 280 g/mol. The normalized spacial score (nSPS) is 16.1. The lowest BCUT2D eigenvalue weighted by Gasteiger charge is -2.42. The van der Waals surface area contributed by atoms with E-state index in [1.165, 1.54) is 25.3 Å². The van der Waals surface area contributed by atoms with Crippen molar-refractivity contribution < 1.29 is 19.6 Å². The van der Waals surface area contributed by atoms with Crippen molar-refractivity contribution >= 4 is 17.3 Å². The van der Waals surface area contributed by atoms with E-state index < -0.39 is 16.4 Å². The minimum atomic E-state index is -0.914. The third-order valence-electron chi connectivity index (χ3n) is 3.60. The van der Waals surface area contributed by atoms with Crippen molar-refractivity contribution in [2.24, 2.45) is 0 Å². The standard InChI is InChI=1S/C13H16N2O5/c1-20-9-3-4-11(15(18)19)10(7-9)14-13(5-2-6-13)8-12(16)17/h3-4,7,14H,2,5-6,8H2,1H3,(H,16,17). The van der Waals surface area contributed by atoms with Gasteiger partial charge in [0.15, 0.2) is 0 Å². The molecule has 20 heavy (non-hydrogen) atoms. The van der Waals surface area contributed by atoms with Crippen LogP contribution in [0.25, 0.3) is 0 Å². The first-order chi connectivity index (χ1) is 9.46. The zero-order valence-corrected chi connectivity index (χ0v) is 11.1. The number of methoxy groups -OCH3 is 1. The molecular formula is C13H16N2O5. The number of nitrogens with one attached hydrogen (secondary N) is 1. The van der Waals surface area contributed by atoms with E-state index in [1.807, 2.05) is 0 Å². The van der Waals surface area contributed by atoms with E-state index in [0.29, 0.717) is 24.3 Å². The Bertz CT molecular complexity index is 540.